The van der Waals surface area contributed by atoms with Crippen molar-refractivity contribution < 1.29 is 19.2 Å². The molecule has 0 aromatic heterocycles. The quantitative estimate of drug-likeness (QED) is 0.591. The maximum atomic E-state index is 10.5. The number of nitro benzene ring substituents is 1. The SMILES string of the molecule is O=C=O.O=[N+]([O-])c1ccc(C2CCOCC2)cc1. The maximum Gasteiger partial charge on any atom is 0.373 e. The third-order valence-corrected chi connectivity index (χ3v) is 2.80. The Morgan fingerprint density at radius 3 is 2.11 bits per heavy atom. The summed E-state index contributed by atoms with van der Waals surface area (Å²) >= 11 is 0. The molecule has 1 saturated heterocycles. The average molecular weight is 251 g/mol. The monoisotopic (exact) mass is 251 g/mol. The van der Waals surface area contributed by atoms with Gasteiger partial charge in [-0.25, -0.2) is 0 Å². The lowest BCUT2D eigenvalue weighted by atomic mass is 9.92. The van der Waals surface area contributed by atoms with E-state index in [1.807, 2.05) is 12.1 Å². The van der Waals surface area contributed by atoms with Crippen molar-refractivity contribution in [1.29, 1.82) is 0 Å². The highest BCUT2D eigenvalue weighted by Gasteiger charge is 2.16. The van der Waals surface area contributed by atoms with Gasteiger partial charge in [-0.2, -0.15) is 9.59 Å². The molecule has 0 atom stereocenters. The van der Waals surface area contributed by atoms with E-state index >= 15 is 0 Å². The summed E-state index contributed by atoms with van der Waals surface area (Å²) in [5.41, 5.74) is 1.34. The molecular formula is C12H13NO5. The zero-order valence-electron chi connectivity index (χ0n) is 9.70. The van der Waals surface area contributed by atoms with Gasteiger partial charge >= 0.3 is 6.15 Å². The summed E-state index contributed by atoms with van der Waals surface area (Å²) in [5, 5.41) is 10.5. The maximum absolute atomic E-state index is 10.5. The van der Waals surface area contributed by atoms with Gasteiger partial charge in [0.25, 0.3) is 5.69 Å². The lowest BCUT2D eigenvalue weighted by Gasteiger charge is -2.22. The Morgan fingerprint density at radius 1 is 1.17 bits per heavy atom. The molecular weight excluding hydrogens is 238 g/mol. The van der Waals surface area contributed by atoms with Gasteiger partial charge in [0.05, 0.1) is 4.92 Å². The standard InChI is InChI=1S/C11H13NO3.CO2/c13-12(14)11-3-1-9(2-4-11)10-5-7-15-8-6-10;2-1-3/h1-4,10H,5-8H2;. The van der Waals surface area contributed by atoms with Crippen molar-refractivity contribution in [2.45, 2.75) is 18.8 Å². The minimum atomic E-state index is -0.367. The predicted octanol–water partition coefficient (Wildman–Crippen LogP) is 1.91. The molecule has 1 aromatic carbocycles. The first-order valence-corrected chi connectivity index (χ1v) is 5.50. The van der Waals surface area contributed by atoms with E-state index in [-0.39, 0.29) is 16.8 Å². The Labute approximate surface area is 104 Å². The topological polar surface area (TPSA) is 86.5 Å². The van der Waals surface area contributed by atoms with Gasteiger partial charge in [-0.15, -0.1) is 0 Å². The van der Waals surface area contributed by atoms with Crippen molar-refractivity contribution in [3.8, 4) is 0 Å². The Balaban J connectivity index is 0.000000492. The molecule has 1 aromatic rings. The Hall–Kier alpha value is -2.04. The lowest BCUT2D eigenvalue weighted by molar-refractivity contribution is -0.384. The molecule has 1 fully saturated rings. The van der Waals surface area contributed by atoms with Crippen LogP contribution in [0, 0.1) is 10.1 Å². The fourth-order valence-corrected chi connectivity index (χ4v) is 1.90. The molecule has 1 heterocycles. The zero-order valence-corrected chi connectivity index (χ0v) is 9.70. The largest absolute Gasteiger partial charge is 0.381 e. The van der Waals surface area contributed by atoms with Crippen LogP contribution in [0.4, 0.5) is 5.69 Å². The van der Waals surface area contributed by atoms with Crippen LogP contribution in [0.2, 0.25) is 0 Å². The Kier molecular flexibility index (Phi) is 5.70. The van der Waals surface area contributed by atoms with Crippen LogP contribution < -0.4 is 0 Å². The molecule has 0 radical (unpaired) electrons. The number of nitrogens with zero attached hydrogens (tertiary/aromatic N) is 1. The molecule has 0 spiro atoms. The van der Waals surface area contributed by atoms with E-state index in [1.165, 1.54) is 5.56 Å². The molecule has 1 aliphatic rings. The zero-order chi connectivity index (χ0) is 13.4. The highest BCUT2D eigenvalue weighted by atomic mass is 16.6. The number of carbonyl (C=O) groups excluding carboxylic acids is 2. The highest BCUT2D eigenvalue weighted by molar-refractivity contribution is 5.34. The fourth-order valence-electron chi connectivity index (χ4n) is 1.90. The van der Waals surface area contributed by atoms with Crippen LogP contribution >= 0.6 is 0 Å². The van der Waals surface area contributed by atoms with Gasteiger partial charge in [-0.05, 0) is 24.3 Å². The second kappa shape index (κ2) is 7.32. The van der Waals surface area contributed by atoms with E-state index in [2.05, 4.69) is 0 Å². The van der Waals surface area contributed by atoms with Crippen molar-refractivity contribution in [3.63, 3.8) is 0 Å². The van der Waals surface area contributed by atoms with Crippen molar-refractivity contribution >= 4 is 11.8 Å². The van der Waals surface area contributed by atoms with Crippen molar-refractivity contribution in [2.75, 3.05) is 13.2 Å². The summed E-state index contributed by atoms with van der Waals surface area (Å²) in [7, 11) is 0. The molecule has 0 unspecified atom stereocenters. The van der Waals surface area contributed by atoms with E-state index in [1.54, 1.807) is 12.1 Å². The second-order valence-electron chi connectivity index (χ2n) is 3.82. The first kappa shape index (κ1) is 14.0. The van der Waals surface area contributed by atoms with E-state index in [0.29, 0.717) is 5.92 Å². The molecule has 0 bridgehead atoms. The summed E-state index contributed by atoms with van der Waals surface area (Å²) in [4.78, 5) is 26.4. The van der Waals surface area contributed by atoms with Gasteiger partial charge in [0, 0.05) is 25.3 Å². The Bertz CT molecular complexity index is 417. The number of benzene rings is 1. The number of hydrogen-bond acceptors (Lipinski definition) is 5. The molecule has 0 saturated carbocycles. The van der Waals surface area contributed by atoms with E-state index in [9.17, 15) is 10.1 Å². The minimum absolute atomic E-state index is 0.158. The van der Waals surface area contributed by atoms with Crippen LogP contribution in [0.25, 0.3) is 0 Å². The summed E-state index contributed by atoms with van der Waals surface area (Å²) in [5.74, 6) is 0.500. The molecule has 0 aliphatic carbocycles. The van der Waals surface area contributed by atoms with Gasteiger partial charge < -0.3 is 4.74 Å². The molecule has 0 amide bonds. The number of hydrogen-bond donors (Lipinski definition) is 0. The third kappa shape index (κ3) is 4.08. The summed E-state index contributed by atoms with van der Waals surface area (Å²) in [6.07, 6.45) is 2.27. The number of rotatable bonds is 2. The van der Waals surface area contributed by atoms with Gasteiger partial charge in [0.1, 0.15) is 0 Å². The minimum Gasteiger partial charge on any atom is -0.381 e. The van der Waals surface area contributed by atoms with Crippen LogP contribution in [0.15, 0.2) is 24.3 Å². The van der Waals surface area contributed by atoms with Crippen molar-refractivity contribution in [2.24, 2.45) is 0 Å². The van der Waals surface area contributed by atoms with E-state index < -0.39 is 0 Å². The van der Waals surface area contributed by atoms with Crippen LogP contribution in [0.3, 0.4) is 0 Å². The predicted molar refractivity (Wildman–Crippen MR) is 60.9 cm³/mol. The molecule has 1 aliphatic heterocycles. The first-order chi connectivity index (χ1) is 8.69. The van der Waals surface area contributed by atoms with Gasteiger partial charge in [-0.1, -0.05) is 12.1 Å². The molecule has 2 rings (SSSR count). The summed E-state index contributed by atoms with van der Waals surface area (Å²) in [6.45, 7) is 1.59. The fraction of sp³-hybridized carbons (Fsp3) is 0.417. The molecule has 18 heavy (non-hydrogen) atoms. The normalized spacial score (nSPS) is 15.1. The molecule has 6 nitrogen and oxygen atoms in total. The third-order valence-electron chi connectivity index (χ3n) is 2.80. The van der Waals surface area contributed by atoms with Gasteiger partial charge in [-0.3, -0.25) is 10.1 Å². The molecule has 96 valence electrons. The highest BCUT2D eigenvalue weighted by Crippen LogP contribution is 2.27. The summed E-state index contributed by atoms with van der Waals surface area (Å²) < 4.78 is 5.27. The first-order valence-electron chi connectivity index (χ1n) is 5.50. The van der Waals surface area contributed by atoms with Crippen molar-refractivity contribution in [1.82, 2.24) is 0 Å². The van der Waals surface area contributed by atoms with Crippen LogP contribution in [-0.2, 0) is 14.3 Å². The molecule has 6 heteroatoms. The second-order valence-corrected chi connectivity index (χ2v) is 3.82. The number of nitro groups is 1. The number of non-ortho nitro benzene ring substituents is 1. The van der Waals surface area contributed by atoms with Gasteiger partial charge in [0.15, 0.2) is 0 Å². The smallest absolute Gasteiger partial charge is 0.373 e. The van der Waals surface area contributed by atoms with Gasteiger partial charge in [0.2, 0.25) is 0 Å². The average Bonchev–Trinajstić information content (AvgIpc) is 2.41. The number of ether oxygens (including phenoxy) is 1. The van der Waals surface area contributed by atoms with Crippen LogP contribution in [0.5, 0.6) is 0 Å². The van der Waals surface area contributed by atoms with Crippen molar-refractivity contribution in [3.05, 3.63) is 39.9 Å². The Morgan fingerprint density at radius 2 is 1.67 bits per heavy atom. The lowest BCUT2D eigenvalue weighted by Crippen LogP contribution is -2.13. The van der Waals surface area contributed by atoms with E-state index in [4.69, 9.17) is 14.3 Å². The van der Waals surface area contributed by atoms with Crippen LogP contribution in [0.1, 0.15) is 24.3 Å². The van der Waals surface area contributed by atoms with E-state index in [0.717, 1.165) is 26.1 Å². The summed E-state index contributed by atoms with van der Waals surface area (Å²) in [6, 6.07) is 6.86. The van der Waals surface area contributed by atoms with Crippen LogP contribution in [-0.4, -0.2) is 24.3 Å². The molecule has 0 N–H and O–H groups in total.